The lowest BCUT2D eigenvalue weighted by Crippen LogP contribution is -2.11. The summed E-state index contributed by atoms with van der Waals surface area (Å²) >= 11 is 1.62. The molecule has 2 aromatic heterocycles. The van der Waals surface area contributed by atoms with Crippen LogP contribution >= 0.6 is 11.3 Å². The monoisotopic (exact) mass is 291 g/mol. The molecule has 0 saturated heterocycles. The first-order valence-electron chi connectivity index (χ1n) is 7.47. The lowest BCUT2D eigenvalue weighted by Gasteiger charge is -2.15. The number of hydrogen-bond donors (Lipinski definition) is 1. The second-order valence-corrected chi connectivity index (χ2v) is 6.51. The van der Waals surface area contributed by atoms with Crippen molar-refractivity contribution in [1.82, 2.24) is 10.1 Å². The molecule has 0 aromatic carbocycles. The van der Waals surface area contributed by atoms with Crippen molar-refractivity contribution in [2.75, 3.05) is 0 Å². The van der Waals surface area contributed by atoms with E-state index < -0.39 is 0 Å². The summed E-state index contributed by atoms with van der Waals surface area (Å²) in [5.74, 6) is 1.85. The van der Waals surface area contributed by atoms with Gasteiger partial charge in [-0.05, 0) is 24.3 Å². The number of nitrogens with zero attached hydrogens (tertiary/aromatic N) is 2. The molecule has 2 heterocycles. The molecule has 1 atom stereocenters. The Morgan fingerprint density at radius 3 is 2.65 bits per heavy atom. The van der Waals surface area contributed by atoms with Crippen LogP contribution in [0.25, 0.3) is 0 Å². The van der Waals surface area contributed by atoms with Gasteiger partial charge in [-0.25, -0.2) is 0 Å². The van der Waals surface area contributed by atoms with Crippen LogP contribution in [-0.4, -0.2) is 10.1 Å². The highest BCUT2D eigenvalue weighted by atomic mass is 32.1. The summed E-state index contributed by atoms with van der Waals surface area (Å²) < 4.78 is 5.40. The van der Waals surface area contributed by atoms with E-state index in [9.17, 15) is 0 Å². The molecule has 4 nitrogen and oxygen atoms in total. The van der Waals surface area contributed by atoms with Crippen LogP contribution in [0.15, 0.2) is 22.0 Å². The third kappa shape index (κ3) is 3.10. The second-order valence-electron chi connectivity index (χ2n) is 5.53. The van der Waals surface area contributed by atoms with Gasteiger partial charge in [0, 0.05) is 10.8 Å². The summed E-state index contributed by atoms with van der Waals surface area (Å²) in [6.45, 7) is 0. The molecule has 108 valence electrons. The van der Waals surface area contributed by atoms with E-state index in [2.05, 4.69) is 10.1 Å². The van der Waals surface area contributed by atoms with Crippen molar-refractivity contribution < 1.29 is 4.52 Å². The maximum absolute atomic E-state index is 6.17. The standard InChI is InChI=1S/C15H21N3OS/c16-13(12-9-6-10-20-12)15-17-14(18-19-15)11-7-4-2-1-3-5-8-11/h6,9-11,13H,1-5,7-8,16H2. The van der Waals surface area contributed by atoms with Crippen LogP contribution in [-0.2, 0) is 0 Å². The van der Waals surface area contributed by atoms with Crippen molar-refractivity contribution >= 4 is 11.3 Å². The van der Waals surface area contributed by atoms with E-state index >= 15 is 0 Å². The number of rotatable bonds is 3. The fourth-order valence-corrected chi connectivity index (χ4v) is 3.56. The molecular weight excluding hydrogens is 270 g/mol. The van der Waals surface area contributed by atoms with Crippen LogP contribution in [0.3, 0.4) is 0 Å². The van der Waals surface area contributed by atoms with E-state index in [4.69, 9.17) is 10.3 Å². The van der Waals surface area contributed by atoms with Gasteiger partial charge in [0.25, 0.3) is 0 Å². The molecular formula is C15H21N3OS. The third-order valence-corrected chi connectivity index (χ3v) is 5.00. The normalized spacial score (nSPS) is 19.4. The molecule has 0 spiro atoms. The number of nitrogens with two attached hydrogens (primary N) is 1. The minimum absolute atomic E-state index is 0.287. The highest BCUT2D eigenvalue weighted by Gasteiger charge is 2.22. The number of hydrogen-bond acceptors (Lipinski definition) is 5. The Morgan fingerprint density at radius 2 is 1.95 bits per heavy atom. The molecule has 1 saturated carbocycles. The van der Waals surface area contributed by atoms with Crippen molar-refractivity contribution in [3.8, 4) is 0 Å². The summed E-state index contributed by atoms with van der Waals surface area (Å²) in [4.78, 5) is 5.63. The molecule has 20 heavy (non-hydrogen) atoms. The Morgan fingerprint density at radius 1 is 1.20 bits per heavy atom. The average molecular weight is 291 g/mol. The molecule has 1 aliphatic rings. The van der Waals surface area contributed by atoms with Gasteiger partial charge in [0.1, 0.15) is 6.04 Å². The second kappa shape index (κ2) is 6.50. The smallest absolute Gasteiger partial charge is 0.248 e. The van der Waals surface area contributed by atoms with Crippen LogP contribution in [0, 0.1) is 0 Å². The largest absolute Gasteiger partial charge is 0.337 e. The van der Waals surface area contributed by atoms with E-state index in [1.54, 1.807) is 11.3 Å². The Bertz CT molecular complexity index is 515. The van der Waals surface area contributed by atoms with Crippen LogP contribution in [0.2, 0.25) is 0 Å². The molecule has 1 fully saturated rings. The Hall–Kier alpha value is -1.20. The fraction of sp³-hybridized carbons (Fsp3) is 0.600. The van der Waals surface area contributed by atoms with Gasteiger partial charge in [-0.3, -0.25) is 0 Å². The van der Waals surface area contributed by atoms with Gasteiger partial charge in [0.15, 0.2) is 5.82 Å². The van der Waals surface area contributed by atoms with Crippen molar-refractivity contribution in [1.29, 1.82) is 0 Å². The van der Waals surface area contributed by atoms with Gasteiger partial charge in [-0.2, -0.15) is 4.98 Å². The van der Waals surface area contributed by atoms with Crippen LogP contribution in [0.4, 0.5) is 0 Å². The molecule has 1 aliphatic carbocycles. The van der Waals surface area contributed by atoms with Crippen molar-refractivity contribution in [2.24, 2.45) is 5.73 Å². The first kappa shape index (κ1) is 13.8. The Balaban J connectivity index is 1.72. The molecule has 1 unspecified atom stereocenters. The van der Waals surface area contributed by atoms with E-state index in [0.29, 0.717) is 11.8 Å². The molecule has 0 radical (unpaired) electrons. The van der Waals surface area contributed by atoms with E-state index in [1.807, 2.05) is 17.5 Å². The third-order valence-electron chi connectivity index (χ3n) is 4.04. The van der Waals surface area contributed by atoms with Crippen LogP contribution < -0.4 is 5.73 Å². The topological polar surface area (TPSA) is 64.9 Å². The molecule has 0 bridgehead atoms. The van der Waals surface area contributed by atoms with Crippen molar-refractivity contribution in [3.05, 3.63) is 34.1 Å². The van der Waals surface area contributed by atoms with Gasteiger partial charge in [0.05, 0.1) is 0 Å². The highest BCUT2D eigenvalue weighted by molar-refractivity contribution is 7.10. The zero-order chi connectivity index (χ0) is 13.8. The quantitative estimate of drug-likeness (QED) is 0.928. The van der Waals surface area contributed by atoms with Gasteiger partial charge >= 0.3 is 0 Å². The number of thiophene rings is 1. The SMILES string of the molecule is NC(c1nc(C2CCCCCCC2)no1)c1cccs1. The van der Waals surface area contributed by atoms with E-state index in [-0.39, 0.29) is 6.04 Å². The van der Waals surface area contributed by atoms with Gasteiger partial charge < -0.3 is 10.3 Å². The zero-order valence-corrected chi connectivity index (χ0v) is 12.4. The minimum Gasteiger partial charge on any atom is -0.337 e. The predicted octanol–water partition coefficient (Wildman–Crippen LogP) is 4.01. The minimum atomic E-state index is -0.287. The number of aromatic nitrogens is 2. The van der Waals surface area contributed by atoms with E-state index in [0.717, 1.165) is 10.7 Å². The van der Waals surface area contributed by atoms with Crippen molar-refractivity contribution in [2.45, 2.75) is 56.9 Å². The molecule has 0 aliphatic heterocycles. The highest BCUT2D eigenvalue weighted by Crippen LogP contribution is 2.30. The molecule has 2 aromatic rings. The Kier molecular flexibility index (Phi) is 4.47. The maximum Gasteiger partial charge on any atom is 0.248 e. The maximum atomic E-state index is 6.17. The van der Waals surface area contributed by atoms with Gasteiger partial charge in [-0.15, -0.1) is 11.3 Å². The first-order valence-corrected chi connectivity index (χ1v) is 8.35. The van der Waals surface area contributed by atoms with Crippen LogP contribution in [0.1, 0.15) is 73.5 Å². The molecule has 3 rings (SSSR count). The van der Waals surface area contributed by atoms with Gasteiger partial charge in [0.2, 0.25) is 5.89 Å². The predicted molar refractivity (Wildman–Crippen MR) is 79.7 cm³/mol. The lowest BCUT2D eigenvalue weighted by molar-refractivity contribution is 0.354. The average Bonchev–Trinajstić information content (AvgIpc) is 3.09. The summed E-state index contributed by atoms with van der Waals surface area (Å²) in [7, 11) is 0. The van der Waals surface area contributed by atoms with Crippen molar-refractivity contribution in [3.63, 3.8) is 0 Å². The molecule has 2 N–H and O–H groups in total. The van der Waals surface area contributed by atoms with Gasteiger partial charge in [-0.1, -0.05) is 43.3 Å². The summed E-state index contributed by atoms with van der Waals surface area (Å²) in [5, 5.41) is 6.20. The summed E-state index contributed by atoms with van der Waals surface area (Å²) in [5.41, 5.74) is 6.17. The van der Waals surface area contributed by atoms with Crippen LogP contribution in [0.5, 0.6) is 0 Å². The Labute approximate surface area is 123 Å². The lowest BCUT2D eigenvalue weighted by atomic mass is 9.91. The summed E-state index contributed by atoms with van der Waals surface area (Å²) in [6.07, 6.45) is 8.91. The first-order chi connectivity index (χ1) is 9.84. The van der Waals surface area contributed by atoms with E-state index in [1.165, 1.54) is 44.9 Å². The summed E-state index contributed by atoms with van der Waals surface area (Å²) in [6, 6.07) is 3.71. The molecule has 0 amide bonds. The molecule has 5 heteroatoms. The fourth-order valence-electron chi connectivity index (χ4n) is 2.84. The zero-order valence-electron chi connectivity index (χ0n) is 11.6.